The largest absolute Gasteiger partial charge is 0.376 e. The van der Waals surface area contributed by atoms with Gasteiger partial charge in [0.25, 0.3) is 5.69 Å². The minimum Gasteiger partial charge on any atom is -0.376 e. The van der Waals surface area contributed by atoms with E-state index in [0.717, 1.165) is 19.3 Å². The fraction of sp³-hybridized carbons (Fsp3) is 0.316. The molecule has 1 amide bonds. The van der Waals surface area contributed by atoms with E-state index < -0.39 is 14.9 Å². The quantitative estimate of drug-likeness (QED) is 0.527. The number of hydrogen-bond donors (Lipinski definition) is 2. The van der Waals surface area contributed by atoms with Crippen molar-refractivity contribution in [2.75, 3.05) is 30.3 Å². The van der Waals surface area contributed by atoms with Crippen LogP contribution in [0, 0.1) is 10.1 Å². The highest BCUT2D eigenvalue weighted by Gasteiger charge is 2.25. The van der Waals surface area contributed by atoms with E-state index in [2.05, 4.69) is 10.6 Å². The van der Waals surface area contributed by atoms with Gasteiger partial charge in [-0.15, -0.1) is 0 Å². The van der Waals surface area contributed by atoms with E-state index in [1.165, 1.54) is 34.6 Å². The fourth-order valence-electron chi connectivity index (χ4n) is 3.08. The van der Waals surface area contributed by atoms with Crippen molar-refractivity contribution < 1.29 is 18.1 Å². The van der Waals surface area contributed by atoms with E-state index in [1.807, 2.05) is 0 Å². The summed E-state index contributed by atoms with van der Waals surface area (Å²) in [5, 5.41) is 16.3. The number of non-ortho nitro benzene ring substituents is 1. The molecule has 0 saturated carbocycles. The summed E-state index contributed by atoms with van der Waals surface area (Å²) in [7, 11) is -3.49. The number of nitrogens with zero attached hydrogens (tertiary/aromatic N) is 2. The molecule has 2 N–H and O–H groups in total. The van der Waals surface area contributed by atoms with E-state index in [1.54, 1.807) is 18.2 Å². The van der Waals surface area contributed by atoms with Crippen molar-refractivity contribution in [3.8, 4) is 0 Å². The molecule has 0 atom stereocenters. The van der Waals surface area contributed by atoms with Gasteiger partial charge in [0.2, 0.25) is 15.9 Å². The van der Waals surface area contributed by atoms with Crippen LogP contribution in [0.2, 0.25) is 0 Å². The Hall–Kier alpha value is -2.98. The molecule has 9 nitrogen and oxygen atoms in total. The molecule has 0 aromatic heterocycles. The number of nitro groups is 1. The molecule has 1 fully saturated rings. The van der Waals surface area contributed by atoms with Gasteiger partial charge in [-0.05, 0) is 43.2 Å². The van der Waals surface area contributed by atoms with Crippen molar-refractivity contribution in [1.29, 1.82) is 0 Å². The van der Waals surface area contributed by atoms with Crippen molar-refractivity contribution >= 4 is 33.0 Å². The maximum absolute atomic E-state index is 12.6. The Balaban J connectivity index is 1.56. The summed E-state index contributed by atoms with van der Waals surface area (Å²) in [4.78, 5) is 22.5. The van der Waals surface area contributed by atoms with Crippen LogP contribution in [0.15, 0.2) is 53.4 Å². The van der Waals surface area contributed by atoms with Gasteiger partial charge in [0.05, 0.1) is 16.4 Å². The van der Waals surface area contributed by atoms with Gasteiger partial charge in [0.15, 0.2) is 0 Å². The molecule has 0 aliphatic carbocycles. The van der Waals surface area contributed by atoms with E-state index >= 15 is 0 Å². The predicted molar refractivity (Wildman–Crippen MR) is 109 cm³/mol. The summed E-state index contributed by atoms with van der Waals surface area (Å²) in [5.41, 5.74) is 0.812. The highest BCUT2D eigenvalue weighted by Crippen LogP contribution is 2.22. The zero-order chi connectivity index (χ0) is 20.9. The highest BCUT2D eigenvalue weighted by atomic mass is 32.2. The maximum Gasteiger partial charge on any atom is 0.271 e. The second-order valence-electron chi connectivity index (χ2n) is 6.70. The van der Waals surface area contributed by atoms with Gasteiger partial charge in [-0.1, -0.05) is 12.5 Å². The van der Waals surface area contributed by atoms with Crippen LogP contribution in [0.5, 0.6) is 0 Å². The number of benzene rings is 2. The second kappa shape index (κ2) is 9.01. The number of anilines is 2. The number of piperidine rings is 1. The molecule has 10 heteroatoms. The van der Waals surface area contributed by atoms with Gasteiger partial charge in [0.1, 0.15) is 0 Å². The summed E-state index contributed by atoms with van der Waals surface area (Å²) in [6.45, 7) is 1.02. The average molecular weight is 418 g/mol. The number of carbonyl (C=O) groups is 1. The van der Waals surface area contributed by atoms with Crippen LogP contribution >= 0.6 is 0 Å². The number of nitro benzene ring substituents is 1. The van der Waals surface area contributed by atoms with Crippen LogP contribution in [-0.2, 0) is 14.8 Å². The smallest absolute Gasteiger partial charge is 0.271 e. The number of hydrogen-bond acceptors (Lipinski definition) is 6. The van der Waals surface area contributed by atoms with Crippen molar-refractivity contribution in [2.45, 2.75) is 24.2 Å². The molecule has 29 heavy (non-hydrogen) atoms. The number of nitrogens with one attached hydrogen (secondary N) is 2. The lowest BCUT2D eigenvalue weighted by Gasteiger charge is -2.25. The number of carbonyl (C=O) groups excluding carboxylic acids is 1. The second-order valence-corrected chi connectivity index (χ2v) is 8.64. The van der Waals surface area contributed by atoms with Gasteiger partial charge in [0, 0.05) is 36.6 Å². The number of sulfonamides is 1. The zero-order valence-corrected chi connectivity index (χ0v) is 16.5. The minimum absolute atomic E-state index is 0.0685. The highest BCUT2D eigenvalue weighted by molar-refractivity contribution is 7.89. The molecular formula is C19H22N4O5S. The first-order chi connectivity index (χ1) is 13.9. The third-order valence-corrected chi connectivity index (χ3v) is 6.51. The van der Waals surface area contributed by atoms with Gasteiger partial charge >= 0.3 is 0 Å². The summed E-state index contributed by atoms with van der Waals surface area (Å²) >= 11 is 0. The van der Waals surface area contributed by atoms with E-state index in [4.69, 9.17) is 0 Å². The van der Waals surface area contributed by atoms with Crippen molar-refractivity contribution in [1.82, 2.24) is 4.31 Å². The average Bonchev–Trinajstić information content (AvgIpc) is 2.73. The van der Waals surface area contributed by atoms with Crippen LogP contribution in [0.3, 0.4) is 0 Å². The molecule has 0 spiro atoms. The Morgan fingerprint density at radius 1 is 1.03 bits per heavy atom. The van der Waals surface area contributed by atoms with Gasteiger partial charge in [-0.2, -0.15) is 4.31 Å². The lowest BCUT2D eigenvalue weighted by atomic mass is 10.2. The topological polar surface area (TPSA) is 122 Å². The van der Waals surface area contributed by atoms with Gasteiger partial charge < -0.3 is 10.6 Å². The third-order valence-electron chi connectivity index (χ3n) is 4.60. The molecule has 1 aliphatic heterocycles. The van der Waals surface area contributed by atoms with Crippen molar-refractivity contribution in [3.63, 3.8) is 0 Å². The molecule has 2 aromatic carbocycles. The SMILES string of the molecule is O=C(CNc1ccc(S(=O)(=O)N2CCCCC2)cc1)Nc1cccc([N+](=O)[O-])c1. The Morgan fingerprint density at radius 3 is 2.38 bits per heavy atom. The minimum atomic E-state index is -3.49. The zero-order valence-electron chi connectivity index (χ0n) is 15.7. The van der Waals surface area contributed by atoms with Crippen LogP contribution in [0.4, 0.5) is 17.1 Å². The normalized spacial score (nSPS) is 14.9. The van der Waals surface area contributed by atoms with Crippen molar-refractivity contribution in [2.24, 2.45) is 0 Å². The molecule has 2 aromatic rings. The Kier molecular flexibility index (Phi) is 6.45. The fourth-order valence-corrected chi connectivity index (χ4v) is 4.60. The predicted octanol–water partition coefficient (Wildman–Crippen LogP) is 2.82. The Bertz CT molecular complexity index is 986. The Labute approximate surface area is 168 Å². The lowest BCUT2D eigenvalue weighted by molar-refractivity contribution is -0.384. The number of amides is 1. The third kappa shape index (κ3) is 5.30. The number of rotatable bonds is 7. The molecule has 154 valence electrons. The lowest BCUT2D eigenvalue weighted by Crippen LogP contribution is -2.35. The summed E-state index contributed by atoms with van der Waals surface area (Å²) in [5.74, 6) is -0.379. The van der Waals surface area contributed by atoms with Crippen molar-refractivity contribution in [3.05, 3.63) is 58.6 Å². The summed E-state index contributed by atoms with van der Waals surface area (Å²) in [6.07, 6.45) is 2.80. The molecule has 0 radical (unpaired) electrons. The van der Waals surface area contributed by atoms with E-state index in [9.17, 15) is 23.3 Å². The van der Waals surface area contributed by atoms with Crippen LogP contribution in [0.25, 0.3) is 0 Å². The molecule has 3 rings (SSSR count). The molecule has 1 heterocycles. The molecule has 1 saturated heterocycles. The molecule has 1 aliphatic rings. The molecule has 0 bridgehead atoms. The van der Waals surface area contributed by atoms with E-state index in [-0.39, 0.29) is 23.0 Å². The van der Waals surface area contributed by atoms with Crippen LogP contribution in [-0.4, -0.2) is 43.2 Å². The first-order valence-electron chi connectivity index (χ1n) is 9.25. The molecule has 0 unspecified atom stereocenters. The van der Waals surface area contributed by atoms with Gasteiger partial charge in [-0.3, -0.25) is 14.9 Å². The first-order valence-corrected chi connectivity index (χ1v) is 10.7. The standard InChI is InChI=1S/C19H22N4O5S/c24-19(21-16-5-4-6-17(13-16)23(25)26)14-20-15-7-9-18(10-8-15)29(27,28)22-11-2-1-3-12-22/h4-10,13,20H,1-3,11-12,14H2,(H,21,24). The van der Waals surface area contributed by atoms with Crippen LogP contribution in [0.1, 0.15) is 19.3 Å². The van der Waals surface area contributed by atoms with Crippen LogP contribution < -0.4 is 10.6 Å². The monoisotopic (exact) mass is 418 g/mol. The van der Waals surface area contributed by atoms with E-state index in [0.29, 0.717) is 24.5 Å². The molecular weight excluding hydrogens is 396 g/mol. The summed E-state index contributed by atoms with van der Waals surface area (Å²) < 4.78 is 26.8. The Morgan fingerprint density at radius 2 is 1.72 bits per heavy atom. The van der Waals surface area contributed by atoms with Gasteiger partial charge in [-0.25, -0.2) is 8.42 Å². The summed E-state index contributed by atoms with van der Waals surface area (Å²) in [6, 6.07) is 11.9. The first kappa shape index (κ1) is 20.7. The maximum atomic E-state index is 12.6.